The Bertz CT molecular complexity index is 1770. The SMILES string of the molecule is CN1CC(n2cc(-c3ccc4c(c3)C(F)(F)C[C@]43NC(=O)N(CC(=O)N(Cc4ccc(F)cc4)C4(C(F)(F)F)COC4)C3=O)cn2)C1. The van der Waals surface area contributed by atoms with Crippen LogP contribution in [-0.2, 0) is 32.3 Å². The van der Waals surface area contributed by atoms with Gasteiger partial charge in [0.25, 0.3) is 11.8 Å². The van der Waals surface area contributed by atoms with Crippen LogP contribution in [0.25, 0.3) is 11.1 Å². The standard InChI is InChI=1S/C31H28F6N6O4/c1-40-12-22(13-40)43-11-20(9-38-43)19-4-7-23-24(8-19)30(33,34)15-29(23)26(45)41(27(46)39-29)14-25(44)42(10-18-2-5-21(32)6-3-18)28(16-47-17-28)31(35,36)37/h2-9,11,22H,10,12-17H2,1H3,(H,39,46)/t29-/m0/s1. The summed E-state index contributed by atoms with van der Waals surface area (Å²) in [4.78, 5) is 43.4. The summed E-state index contributed by atoms with van der Waals surface area (Å²) in [5.41, 5.74) is -4.54. The maximum absolute atomic E-state index is 15.6. The summed E-state index contributed by atoms with van der Waals surface area (Å²) in [5.74, 6) is -6.67. The number of carbonyl (C=O) groups excluding carboxylic acids is 3. The number of fused-ring (bicyclic) bond motifs is 2. The molecule has 7 rings (SSSR count). The minimum atomic E-state index is -4.96. The number of alkyl halides is 5. The molecule has 16 heteroatoms. The lowest BCUT2D eigenvalue weighted by Gasteiger charge is -2.50. The second kappa shape index (κ2) is 10.5. The summed E-state index contributed by atoms with van der Waals surface area (Å²) in [5, 5.41) is 6.66. The molecule has 0 radical (unpaired) electrons. The van der Waals surface area contributed by atoms with E-state index in [-0.39, 0.29) is 17.2 Å². The number of urea groups is 1. The molecule has 2 aromatic carbocycles. The van der Waals surface area contributed by atoms with Crippen molar-refractivity contribution >= 4 is 17.8 Å². The second-order valence-corrected chi connectivity index (χ2v) is 12.6. The van der Waals surface area contributed by atoms with Crippen LogP contribution in [0.3, 0.4) is 0 Å². The Labute approximate surface area is 263 Å². The minimum Gasteiger partial charge on any atom is -0.376 e. The van der Waals surface area contributed by atoms with Gasteiger partial charge < -0.3 is 19.9 Å². The number of amides is 4. The summed E-state index contributed by atoms with van der Waals surface area (Å²) < 4.78 is 94.3. The number of nitrogens with zero attached hydrogens (tertiary/aromatic N) is 5. The van der Waals surface area contributed by atoms with Crippen LogP contribution < -0.4 is 5.32 Å². The molecule has 3 aromatic rings. The van der Waals surface area contributed by atoms with Gasteiger partial charge in [-0.1, -0.05) is 24.3 Å². The monoisotopic (exact) mass is 662 g/mol. The molecule has 0 bridgehead atoms. The van der Waals surface area contributed by atoms with E-state index >= 15 is 8.78 Å². The first-order valence-electron chi connectivity index (χ1n) is 14.7. The maximum Gasteiger partial charge on any atom is 0.416 e. The Morgan fingerprint density at radius 1 is 1.06 bits per heavy atom. The van der Waals surface area contributed by atoms with Gasteiger partial charge in [0.05, 0.1) is 31.9 Å². The van der Waals surface area contributed by atoms with Gasteiger partial charge in [-0.3, -0.25) is 19.2 Å². The van der Waals surface area contributed by atoms with Crippen LogP contribution in [0, 0.1) is 5.82 Å². The van der Waals surface area contributed by atoms with Crippen molar-refractivity contribution in [3.05, 3.63) is 77.4 Å². The van der Waals surface area contributed by atoms with Crippen molar-refractivity contribution in [3.8, 4) is 11.1 Å². The molecule has 1 N–H and O–H groups in total. The third-order valence-corrected chi connectivity index (χ3v) is 9.46. The van der Waals surface area contributed by atoms with Crippen molar-refractivity contribution in [2.45, 2.75) is 42.2 Å². The molecular weight excluding hydrogens is 634 g/mol. The highest BCUT2D eigenvalue weighted by molar-refractivity contribution is 6.10. The molecule has 10 nitrogen and oxygen atoms in total. The number of rotatable bonds is 7. The largest absolute Gasteiger partial charge is 0.416 e. The molecule has 3 saturated heterocycles. The van der Waals surface area contributed by atoms with Crippen molar-refractivity contribution in [1.29, 1.82) is 0 Å². The lowest BCUT2D eigenvalue weighted by molar-refractivity contribution is -0.302. The molecule has 4 aliphatic rings. The van der Waals surface area contributed by atoms with Crippen LogP contribution in [0.4, 0.5) is 31.1 Å². The van der Waals surface area contributed by atoms with Crippen molar-refractivity contribution in [3.63, 3.8) is 0 Å². The first-order chi connectivity index (χ1) is 22.1. The van der Waals surface area contributed by atoms with Crippen LogP contribution in [0.15, 0.2) is 54.9 Å². The van der Waals surface area contributed by atoms with E-state index in [9.17, 15) is 31.9 Å². The number of halogens is 6. The molecule has 0 saturated carbocycles. The molecule has 3 fully saturated rings. The quantitative estimate of drug-likeness (QED) is 0.306. The van der Waals surface area contributed by atoms with Gasteiger partial charge in [0, 0.05) is 37.0 Å². The fourth-order valence-corrected chi connectivity index (χ4v) is 6.75. The molecule has 1 atom stereocenters. The average molecular weight is 663 g/mol. The lowest BCUT2D eigenvalue weighted by Crippen LogP contribution is -2.72. The first kappa shape index (κ1) is 31.2. The number of hydrogen-bond donors (Lipinski definition) is 1. The van der Waals surface area contributed by atoms with Crippen molar-refractivity contribution < 1.29 is 45.5 Å². The molecule has 4 heterocycles. The highest BCUT2D eigenvalue weighted by Gasteiger charge is 2.67. The molecule has 47 heavy (non-hydrogen) atoms. The Kier molecular flexibility index (Phi) is 6.99. The predicted molar refractivity (Wildman–Crippen MR) is 151 cm³/mol. The maximum atomic E-state index is 15.6. The zero-order valence-electron chi connectivity index (χ0n) is 24.9. The third kappa shape index (κ3) is 4.87. The van der Waals surface area contributed by atoms with E-state index in [1.54, 1.807) is 17.1 Å². The summed E-state index contributed by atoms with van der Waals surface area (Å²) in [6.45, 7) is -2.00. The average Bonchev–Trinajstić information content (AvgIpc) is 3.60. The topological polar surface area (TPSA) is 100 Å². The fraction of sp³-hybridized carbons (Fsp3) is 0.419. The van der Waals surface area contributed by atoms with E-state index < -0.39 is 85.1 Å². The van der Waals surface area contributed by atoms with E-state index in [0.717, 1.165) is 25.2 Å². The number of imide groups is 1. The van der Waals surface area contributed by atoms with Crippen LogP contribution in [0.1, 0.15) is 29.2 Å². The van der Waals surface area contributed by atoms with Gasteiger partial charge in [0.1, 0.15) is 12.4 Å². The number of likely N-dealkylation sites (tertiary alicyclic amines) is 1. The Balaban J connectivity index is 1.16. The zero-order valence-corrected chi connectivity index (χ0v) is 24.9. The van der Waals surface area contributed by atoms with E-state index in [1.807, 2.05) is 7.05 Å². The number of carbonyl (C=O) groups is 3. The van der Waals surface area contributed by atoms with Gasteiger partial charge >= 0.3 is 12.2 Å². The van der Waals surface area contributed by atoms with Gasteiger partial charge in [-0.15, -0.1) is 0 Å². The molecular formula is C31H28F6N6O4. The normalized spacial score (nSPS) is 23.4. The highest BCUT2D eigenvalue weighted by Crippen LogP contribution is 2.53. The van der Waals surface area contributed by atoms with Crippen molar-refractivity contribution in [2.75, 3.05) is 39.9 Å². The number of nitrogens with one attached hydrogen (secondary N) is 1. The molecule has 3 aliphatic heterocycles. The van der Waals surface area contributed by atoms with E-state index in [4.69, 9.17) is 4.74 Å². The van der Waals surface area contributed by atoms with Crippen molar-refractivity contribution in [1.82, 2.24) is 29.8 Å². The second-order valence-electron chi connectivity index (χ2n) is 12.6. The number of likely N-dealkylation sites (N-methyl/N-ethyl adjacent to an activating group) is 1. The Hall–Kier alpha value is -4.44. The van der Waals surface area contributed by atoms with E-state index in [1.165, 1.54) is 30.3 Å². The summed E-state index contributed by atoms with van der Waals surface area (Å²) in [6.07, 6.45) is -2.80. The minimum absolute atomic E-state index is 0.148. The molecule has 4 amide bonds. The predicted octanol–water partition coefficient (Wildman–Crippen LogP) is 3.78. The van der Waals surface area contributed by atoms with Crippen LogP contribution in [0.2, 0.25) is 0 Å². The molecule has 1 aliphatic carbocycles. The van der Waals surface area contributed by atoms with Crippen LogP contribution in [0.5, 0.6) is 0 Å². The molecule has 248 valence electrons. The Morgan fingerprint density at radius 2 is 1.77 bits per heavy atom. The molecule has 1 aromatic heterocycles. The number of benzene rings is 2. The first-order valence-corrected chi connectivity index (χ1v) is 14.7. The van der Waals surface area contributed by atoms with Gasteiger partial charge in [0.2, 0.25) is 5.91 Å². The Morgan fingerprint density at radius 3 is 2.38 bits per heavy atom. The van der Waals surface area contributed by atoms with Gasteiger partial charge in [0.15, 0.2) is 11.1 Å². The third-order valence-electron chi connectivity index (χ3n) is 9.46. The number of aromatic nitrogens is 2. The smallest absolute Gasteiger partial charge is 0.376 e. The van der Waals surface area contributed by atoms with Crippen molar-refractivity contribution in [2.24, 2.45) is 0 Å². The lowest BCUT2D eigenvalue weighted by atomic mass is 9.90. The summed E-state index contributed by atoms with van der Waals surface area (Å²) in [7, 11) is 1.96. The zero-order chi connectivity index (χ0) is 33.5. The van der Waals surface area contributed by atoms with E-state index in [0.29, 0.717) is 20.9 Å². The van der Waals surface area contributed by atoms with E-state index in [2.05, 4.69) is 15.3 Å². The fourth-order valence-electron chi connectivity index (χ4n) is 6.75. The highest BCUT2D eigenvalue weighted by atomic mass is 19.4. The van der Waals surface area contributed by atoms with Gasteiger partial charge in [-0.25, -0.2) is 18.0 Å². The summed E-state index contributed by atoms with van der Waals surface area (Å²) in [6, 6.07) is 7.46. The number of ether oxygens (including phenoxy) is 1. The molecule has 0 unspecified atom stereocenters. The number of hydrogen-bond acceptors (Lipinski definition) is 6. The molecule has 1 spiro atoms. The van der Waals surface area contributed by atoms with Crippen LogP contribution in [-0.4, -0.2) is 93.9 Å². The van der Waals surface area contributed by atoms with Crippen LogP contribution >= 0.6 is 0 Å². The van der Waals surface area contributed by atoms with Gasteiger partial charge in [-0.2, -0.15) is 18.3 Å². The van der Waals surface area contributed by atoms with Gasteiger partial charge in [-0.05, 0) is 41.9 Å². The summed E-state index contributed by atoms with van der Waals surface area (Å²) >= 11 is 0.